The molecule has 1 aromatic heterocycles. The van der Waals surface area contributed by atoms with Gasteiger partial charge in [0.05, 0.1) is 6.61 Å². The maximum atomic E-state index is 8.80. The number of aliphatic hydroxyl groups is 1. The summed E-state index contributed by atoms with van der Waals surface area (Å²) in [6.45, 7) is 1.81. The zero-order chi connectivity index (χ0) is 12.3. The van der Waals surface area contributed by atoms with Crippen molar-refractivity contribution in [1.29, 1.82) is 0 Å². The number of benzene rings is 1. The molecule has 0 radical (unpaired) electrons. The van der Waals surface area contributed by atoms with Crippen molar-refractivity contribution in [3.8, 4) is 0 Å². The van der Waals surface area contributed by atoms with Crippen LogP contribution < -0.4 is 5.73 Å². The van der Waals surface area contributed by atoms with Gasteiger partial charge in [-0.15, -0.1) is 0 Å². The lowest BCUT2D eigenvalue weighted by molar-refractivity contribution is 0.290. The van der Waals surface area contributed by atoms with E-state index in [1.807, 2.05) is 37.3 Å². The summed E-state index contributed by atoms with van der Waals surface area (Å²) in [5, 5.41) is 12.6. The minimum atomic E-state index is -0.817. The number of hydrogen-bond donors (Lipinski definition) is 2. The van der Waals surface area contributed by atoms with E-state index in [0.717, 1.165) is 5.56 Å². The Hall–Kier alpha value is -1.72. The monoisotopic (exact) mass is 233 g/mol. The van der Waals surface area contributed by atoms with E-state index >= 15 is 0 Å². The third-order valence-electron chi connectivity index (χ3n) is 2.62. The Kier molecular flexibility index (Phi) is 3.21. The first-order chi connectivity index (χ1) is 8.14. The van der Waals surface area contributed by atoms with Crippen LogP contribution in [0, 0.1) is 0 Å². The molecule has 2 rings (SSSR count). The molecule has 1 unspecified atom stereocenters. The summed E-state index contributed by atoms with van der Waals surface area (Å²) in [4.78, 5) is 4.19. The van der Waals surface area contributed by atoms with Gasteiger partial charge in [-0.2, -0.15) is 4.98 Å². The lowest BCUT2D eigenvalue weighted by Crippen LogP contribution is -2.34. The largest absolute Gasteiger partial charge is 0.396 e. The first kappa shape index (κ1) is 11.8. The second-order valence-electron chi connectivity index (χ2n) is 4.06. The Balaban J connectivity index is 2.31. The van der Waals surface area contributed by atoms with E-state index < -0.39 is 5.54 Å². The van der Waals surface area contributed by atoms with Crippen molar-refractivity contribution in [2.24, 2.45) is 5.73 Å². The minimum Gasteiger partial charge on any atom is -0.396 e. The fourth-order valence-electron chi connectivity index (χ4n) is 1.57. The van der Waals surface area contributed by atoms with Crippen LogP contribution in [0.4, 0.5) is 0 Å². The molecule has 0 saturated heterocycles. The van der Waals surface area contributed by atoms with Crippen molar-refractivity contribution in [3.63, 3.8) is 0 Å². The van der Waals surface area contributed by atoms with Crippen molar-refractivity contribution in [1.82, 2.24) is 10.1 Å². The molecule has 0 fully saturated rings. The molecule has 0 saturated carbocycles. The van der Waals surface area contributed by atoms with Crippen molar-refractivity contribution in [2.45, 2.75) is 18.9 Å². The standard InChI is InChI=1S/C12H15N3O2/c1-12(13,9-5-3-2-4-6-9)11-14-10(7-8-16)15-17-11/h2-6,16H,7-8,13H2,1H3. The number of aromatic nitrogens is 2. The van der Waals surface area contributed by atoms with Crippen LogP contribution in [-0.2, 0) is 12.0 Å². The van der Waals surface area contributed by atoms with Crippen molar-refractivity contribution in [2.75, 3.05) is 6.61 Å². The van der Waals surface area contributed by atoms with Gasteiger partial charge in [-0.05, 0) is 12.5 Å². The fourth-order valence-corrected chi connectivity index (χ4v) is 1.57. The molecular formula is C12H15N3O2. The molecule has 0 spiro atoms. The highest BCUT2D eigenvalue weighted by atomic mass is 16.5. The molecule has 1 aromatic carbocycles. The Morgan fingerprint density at radius 2 is 2.06 bits per heavy atom. The number of nitrogens with two attached hydrogens (primary N) is 1. The van der Waals surface area contributed by atoms with E-state index in [1.54, 1.807) is 0 Å². The molecule has 0 aliphatic heterocycles. The molecule has 0 aliphatic rings. The molecular weight excluding hydrogens is 218 g/mol. The molecule has 0 bridgehead atoms. The number of aliphatic hydroxyl groups excluding tert-OH is 1. The molecule has 5 heteroatoms. The van der Waals surface area contributed by atoms with E-state index in [9.17, 15) is 0 Å². The topological polar surface area (TPSA) is 85.2 Å². The predicted octanol–water partition coefficient (Wildman–Crippen LogP) is 0.827. The fraction of sp³-hybridized carbons (Fsp3) is 0.333. The van der Waals surface area contributed by atoms with Gasteiger partial charge in [-0.3, -0.25) is 0 Å². The molecule has 5 nitrogen and oxygen atoms in total. The maximum Gasteiger partial charge on any atom is 0.251 e. The summed E-state index contributed by atoms with van der Waals surface area (Å²) in [6.07, 6.45) is 0.369. The first-order valence-corrected chi connectivity index (χ1v) is 5.43. The van der Waals surface area contributed by atoms with Crippen LogP contribution in [0.25, 0.3) is 0 Å². The van der Waals surface area contributed by atoms with Crippen molar-refractivity contribution < 1.29 is 9.63 Å². The van der Waals surface area contributed by atoms with Crippen molar-refractivity contribution >= 4 is 0 Å². The van der Waals surface area contributed by atoms with Gasteiger partial charge >= 0.3 is 0 Å². The van der Waals surface area contributed by atoms with E-state index in [2.05, 4.69) is 10.1 Å². The van der Waals surface area contributed by atoms with Crippen LogP contribution >= 0.6 is 0 Å². The van der Waals surface area contributed by atoms with Crippen LogP contribution in [0.5, 0.6) is 0 Å². The number of rotatable bonds is 4. The summed E-state index contributed by atoms with van der Waals surface area (Å²) < 4.78 is 5.14. The van der Waals surface area contributed by atoms with Gasteiger partial charge in [0.1, 0.15) is 5.54 Å². The summed E-state index contributed by atoms with van der Waals surface area (Å²) >= 11 is 0. The minimum absolute atomic E-state index is 0.00834. The average Bonchev–Trinajstić information content (AvgIpc) is 2.80. The summed E-state index contributed by atoms with van der Waals surface area (Å²) in [5.74, 6) is 0.822. The molecule has 2 aromatic rings. The Morgan fingerprint density at radius 1 is 1.35 bits per heavy atom. The Bertz CT molecular complexity index is 480. The zero-order valence-electron chi connectivity index (χ0n) is 9.63. The maximum absolute atomic E-state index is 8.80. The van der Waals surface area contributed by atoms with Crippen LogP contribution in [-0.4, -0.2) is 21.9 Å². The van der Waals surface area contributed by atoms with E-state index in [-0.39, 0.29) is 6.61 Å². The highest BCUT2D eigenvalue weighted by molar-refractivity contribution is 5.28. The third kappa shape index (κ3) is 2.35. The first-order valence-electron chi connectivity index (χ1n) is 5.43. The van der Waals surface area contributed by atoms with E-state index in [0.29, 0.717) is 18.1 Å². The van der Waals surface area contributed by atoms with E-state index in [4.69, 9.17) is 15.4 Å². The molecule has 90 valence electrons. The third-order valence-corrected chi connectivity index (χ3v) is 2.62. The van der Waals surface area contributed by atoms with Crippen LogP contribution in [0.1, 0.15) is 24.2 Å². The number of nitrogens with zero attached hydrogens (tertiary/aromatic N) is 2. The van der Waals surface area contributed by atoms with Gasteiger partial charge < -0.3 is 15.4 Å². The normalized spacial score (nSPS) is 14.5. The molecule has 0 amide bonds. The van der Waals surface area contributed by atoms with Gasteiger partial charge in [0.25, 0.3) is 5.89 Å². The van der Waals surface area contributed by atoms with Crippen molar-refractivity contribution in [3.05, 3.63) is 47.6 Å². The van der Waals surface area contributed by atoms with Crippen LogP contribution in [0.3, 0.4) is 0 Å². The van der Waals surface area contributed by atoms with Gasteiger partial charge in [0, 0.05) is 6.42 Å². The molecule has 0 aliphatic carbocycles. The predicted molar refractivity (Wildman–Crippen MR) is 62.2 cm³/mol. The lowest BCUT2D eigenvalue weighted by Gasteiger charge is -2.20. The molecule has 17 heavy (non-hydrogen) atoms. The van der Waals surface area contributed by atoms with Crippen LogP contribution in [0.15, 0.2) is 34.9 Å². The Morgan fingerprint density at radius 3 is 2.71 bits per heavy atom. The van der Waals surface area contributed by atoms with Gasteiger partial charge in [-0.25, -0.2) is 0 Å². The smallest absolute Gasteiger partial charge is 0.251 e. The molecule has 1 heterocycles. The molecule has 3 N–H and O–H groups in total. The van der Waals surface area contributed by atoms with Gasteiger partial charge in [0.2, 0.25) is 0 Å². The van der Waals surface area contributed by atoms with Crippen LogP contribution in [0.2, 0.25) is 0 Å². The Labute approximate surface area is 99.3 Å². The highest BCUT2D eigenvalue weighted by Crippen LogP contribution is 2.24. The second kappa shape index (κ2) is 4.65. The average molecular weight is 233 g/mol. The van der Waals surface area contributed by atoms with E-state index in [1.165, 1.54) is 0 Å². The highest BCUT2D eigenvalue weighted by Gasteiger charge is 2.30. The summed E-state index contributed by atoms with van der Waals surface area (Å²) in [7, 11) is 0. The van der Waals surface area contributed by atoms with Gasteiger partial charge in [0.15, 0.2) is 5.82 Å². The lowest BCUT2D eigenvalue weighted by atomic mass is 9.93. The number of hydrogen-bond acceptors (Lipinski definition) is 5. The SMILES string of the molecule is CC(N)(c1ccccc1)c1nc(CCO)no1. The molecule has 1 atom stereocenters. The zero-order valence-corrected chi connectivity index (χ0v) is 9.63. The summed E-state index contributed by atoms with van der Waals surface area (Å²) in [6, 6.07) is 9.56. The van der Waals surface area contributed by atoms with Gasteiger partial charge in [-0.1, -0.05) is 35.5 Å². The quantitative estimate of drug-likeness (QED) is 0.816. The second-order valence-corrected chi connectivity index (χ2v) is 4.06. The summed E-state index contributed by atoms with van der Waals surface area (Å²) in [5.41, 5.74) is 6.29.